The van der Waals surface area contributed by atoms with Gasteiger partial charge in [0, 0.05) is 5.56 Å². The van der Waals surface area contributed by atoms with Gasteiger partial charge in [-0.1, -0.05) is 47.6 Å². The SMILES string of the molecule is CC(c1ccc(-c2ccccc2)c(F)c1)c1nc(C(C)[S+](C)C)no1. The van der Waals surface area contributed by atoms with Crippen LogP contribution in [0.2, 0.25) is 0 Å². The van der Waals surface area contributed by atoms with Crippen LogP contribution in [0.3, 0.4) is 0 Å². The molecule has 0 saturated carbocycles. The fraction of sp³-hybridized carbons (Fsp3) is 0.300. The lowest BCUT2D eigenvalue weighted by atomic mass is 9.97. The average Bonchev–Trinajstić information content (AvgIpc) is 3.11. The first kappa shape index (κ1) is 17.7. The Morgan fingerprint density at radius 3 is 2.40 bits per heavy atom. The van der Waals surface area contributed by atoms with Gasteiger partial charge in [-0.05, 0) is 41.9 Å². The van der Waals surface area contributed by atoms with Crippen LogP contribution in [0.4, 0.5) is 4.39 Å². The second kappa shape index (κ2) is 7.40. The van der Waals surface area contributed by atoms with E-state index in [4.69, 9.17) is 4.52 Å². The summed E-state index contributed by atoms with van der Waals surface area (Å²) in [5, 5.41) is 4.35. The summed E-state index contributed by atoms with van der Waals surface area (Å²) in [7, 11) is 0.171. The highest BCUT2D eigenvalue weighted by atomic mass is 32.2. The van der Waals surface area contributed by atoms with Crippen LogP contribution >= 0.6 is 0 Å². The van der Waals surface area contributed by atoms with E-state index in [0.717, 1.165) is 17.0 Å². The minimum absolute atomic E-state index is 0.150. The predicted molar refractivity (Wildman–Crippen MR) is 101 cm³/mol. The van der Waals surface area contributed by atoms with Gasteiger partial charge >= 0.3 is 0 Å². The molecule has 2 atom stereocenters. The maximum Gasteiger partial charge on any atom is 0.234 e. The van der Waals surface area contributed by atoms with Crippen LogP contribution in [0, 0.1) is 5.82 Å². The standard InChI is InChI=1S/C20H22FN2OS/c1-13(20-22-19(23-24-20)14(2)25(3)4)16-10-11-17(18(21)12-16)15-8-6-5-7-9-15/h5-14H,1-4H3/q+1. The van der Waals surface area contributed by atoms with Crippen LogP contribution in [-0.2, 0) is 10.9 Å². The molecule has 0 aliphatic rings. The van der Waals surface area contributed by atoms with E-state index in [2.05, 4.69) is 29.6 Å². The number of hydrogen-bond acceptors (Lipinski definition) is 3. The van der Waals surface area contributed by atoms with Gasteiger partial charge in [-0.15, -0.1) is 0 Å². The zero-order valence-electron chi connectivity index (χ0n) is 14.9. The normalized spacial score (nSPS) is 13.8. The fourth-order valence-electron chi connectivity index (χ4n) is 2.59. The summed E-state index contributed by atoms with van der Waals surface area (Å²) in [5.41, 5.74) is 2.29. The number of halogens is 1. The van der Waals surface area contributed by atoms with E-state index in [-0.39, 0.29) is 27.9 Å². The number of hydrogen-bond donors (Lipinski definition) is 0. The smallest absolute Gasteiger partial charge is 0.234 e. The van der Waals surface area contributed by atoms with Crippen molar-refractivity contribution in [2.45, 2.75) is 25.0 Å². The van der Waals surface area contributed by atoms with Crippen molar-refractivity contribution in [1.82, 2.24) is 10.1 Å². The summed E-state index contributed by atoms with van der Waals surface area (Å²) in [6.45, 7) is 4.05. The van der Waals surface area contributed by atoms with E-state index in [1.807, 2.05) is 49.4 Å². The molecule has 130 valence electrons. The highest BCUT2D eigenvalue weighted by Crippen LogP contribution is 2.29. The van der Waals surface area contributed by atoms with E-state index in [9.17, 15) is 4.39 Å². The average molecular weight is 357 g/mol. The van der Waals surface area contributed by atoms with Crippen molar-refractivity contribution in [1.29, 1.82) is 0 Å². The lowest BCUT2D eigenvalue weighted by molar-refractivity contribution is 0.365. The van der Waals surface area contributed by atoms with Gasteiger partial charge in [0.05, 0.1) is 18.4 Å². The Morgan fingerprint density at radius 1 is 1.04 bits per heavy atom. The highest BCUT2D eigenvalue weighted by Gasteiger charge is 2.26. The molecule has 5 heteroatoms. The van der Waals surface area contributed by atoms with Gasteiger partial charge in [-0.2, -0.15) is 4.98 Å². The molecule has 25 heavy (non-hydrogen) atoms. The van der Waals surface area contributed by atoms with Crippen molar-refractivity contribution in [3.05, 3.63) is 71.6 Å². The van der Waals surface area contributed by atoms with Gasteiger partial charge < -0.3 is 4.52 Å². The minimum Gasteiger partial charge on any atom is -0.338 e. The summed E-state index contributed by atoms with van der Waals surface area (Å²) in [5.74, 6) is 0.853. The molecule has 3 nitrogen and oxygen atoms in total. The monoisotopic (exact) mass is 357 g/mol. The molecule has 0 amide bonds. The van der Waals surface area contributed by atoms with Crippen LogP contribution in [0.1, 0.15) is 42.3 Å². The maximum absolute atomic E-state index is 14.6. The number of nitrogens with zero attached hydrogens (tertiary/aromatic N) is 2. The van der Waals surface area contributed by atoms with Crippen molar-refractivity contribution in [2.24, 2.45) is 0 Å². The maximum atomic E-state index is 14.6. The molecule has 2 unspecified atom stereocenters. The molecule has 0 saturated heterocycles. The zero-order valence-corrected chi connectivity index (χ0v) is 15.7. The first-order chi connectivity index (χ1) is 12.0. The van der Waals surface area contributed by atoms with Crippen LogP contribution in [-0.4, -0.2) is 22.7 Å². The van der Waals surface area contributed by atoms with Crippen molar-refractivity contribution >= 4 is 10.9 Å². The second-order valence-electron chi connectivity index (χ2n) is 6.34. The quantitative estimate of drug-likeness (QED) is 0.605. The molecule has 1 aromatic heterocycles. The lowest BCUT2D eigenvalue weighted by Gasteiger charge is -2.10. The Kier molecular flexibility index (Phi) is 5.23. The van der Waals surface area contributed by atoms with Gasteiger partial charge in [-0.25, -0.2) is 4.39 Å². The Hall–Kier alpha value is -2.14. The van der Waals surface area contributed by atoms with Crippen LogP contribution in [0.25, 0.3) is 11.1 Å². The highest BCUT2D eigenvalue weighted by molar-refractivity contribution is 7.95. The van der Waals surface area contributed by atoms with E-state index in [1.165, 1.54) is 0 Å². The Balaban J connectivity index is 1.86. The number of aromatic nitrogens is 2. The Labute approximate surface area is 150 Å². The van der Waals surface area contributed by atoms with E-state index in [0.29, 0.717) is 11.5 Å². The third kappa shape index (κ3) is 3.76. The van der Waals surface area contributed by atoms with E-state index in [1.54, 1.807) is 6.07 Å². The summed E-state index contributed by atoms with van der Waals surface area (Å²) in [6, 6.07) is 14.8. The van der Waals surface area contributed by atoms with Crippen molar-refractivity contribution in [2.75, 3.05) is 12.5 Å². The molecule has 2 aromatic carbocycles. The van der Waals surface area contributed by atoms with Crippen molar-refractivity contribution in [3.63, 3.8) is 0 Å². The lowest BCUT2D eigenvalue weighted by Crippen LogP contribution is -2.08. The molecule has 1 heterocycles. The molecule has 0 spiro atoms. The first-order valence-electron chi connectivity index (χ1n) is 8.22. The molecule has 0 aliphatic heterocycles. The molecule has 0 N–H and O–H groups in total. The fourth-order valence-corrected chi connectivity index (χ4v) is 3.11. The third-order valence-electron chi connectivity index (χ3n) is 4.48. The predicted octanol–water partition coefficient (Wildman–Crippen LogP) is 4.97. The minimum atomic E-state index is -0.243. The first-order valence-corrected chi connectivity index (χ1v) is 10.3. The number of benzene rings is 2. The second-order valence-corrected chi connectivity index (χ2v) is 8.81. The summed E-state index contributed by atoms with van der Waals surface area (Å²) in [6.07, 6.45) is 4.31. The summed E-state index contributed by atoms with van der Waals surface area (Å²) >= 11 is 0. The largest absolute Gasteiger partial charge is 0.338 e. The summed E-state index contributed by atoms with van der Waals surface area (Å²) in [4.78, 5) is 4.52. The Morgan fingerprint density at radius 2 is 1.76 bits per heavy atom. The molecule has 3 rings (SSSR count). The molecular formula is C20H22FN2OS+. The van der Waals surface area contributed by atoms with E-state index >= 15 is 0 Å². The molecule has 0 radical (unpaired) electrons. The van der Waals surface area contributed by atoms with Gasteiger partial charge in [0.2, 0.25) is 11.7 Å². The van der Waals surface area contributed by atoms with Gasteiger partial charge in [0.1, 0.15) is 5.82 Å². The van der Waals surface area contributed by atoms with Crippen molar-refractivity contribution < 1.29 is 8.91 Å². The van der Waals surface area contributed by atoms with Gasteiger partial charge in [0.25, 0.3) is 0 Å². The molecule has 0 fully saturated rings. The molecular weight excluding hydrogens is 335 g/mol. The van der Waals surface area contributed by atoms with Crippen molar-refractivity contribution in [3.8, 4) is 11.1 Å². The van der Waals surface area contributed by atoms with Crippen LogP contribution < -0.4 is 0 Å². The topological polar surface area (TPSA) is 38.9 Å². The van der Waals surface area contributed by atoms with E-state index < -0.39 is 0 Å². The third-order valence-corrected chi connectivity index (χ3v) is 6.10. The zero-order chi connectivity index (χ0) is 18.0. The molecule has 0 aliphatic carbocycles. The Bertz CT molecular complexity index is 848. The number of rotatable bonds is 5. The van der Waals surface area contributed by atoms with Crippen LogP contribution in [0.15, 0.2) is 53.1 Å². The molecule has 3 aromatic rings. The molecule has 0 bridgehead atoms. The summed E-state index contributed by atoms with van der Waals surface area (Å²) < 4.78 is 20.0. The van der Waals surface area contributed by atoms with Gasteiger partial charge in [0.15, 0.2) is 5.25 Å². The van der Waals surface area contributed by atoms with Gasteiger partial charge in [-0.3, -0.25) is 0 Å². The van der Waals surface area contributed by atoms with Crippen LogP contribution in [0.5, 0.6) is 0 Å².